The fourth-order valence-electron chi connectivity index (χ4n) is 3.39. The van der Waals surface area contributed by atoms with Gasteiger partial charge in [0.15, 0.2) is 0 Å². The van der Waals surface area contributed by atoms with Gasteiger partial charge in [0.1, 0.15) is 5.75 Å². The van der Waals surface area contributed by atoms with Gasteiger partial charge in [-0.2, -0.15) is 0 Å². The van der Waals surface area contributed by atoms with Crippen LogP contribution < -0.4 is 4.74 Å². The van der Waals surface area contributed by atoms with Crippen molar-refractivity contribution in [3.63, 3.8) is 0 Å². The number of ether oxygens (including phenoxy) is 1. The summed E-state index contributed by atoms with van der Waals surface area (Å²) in [4.78, 5) is 19.8. The Balaban J connectivity index is 1.57. The van der Waals surface area contributed by atoms with Gasteiger partial charge in [0.25, 0.3) is 5.91 Å². The van der Waals surface area contributed by atoms with E-state index < -0.39 is 0 Å². The number of rotatable bonds is 3. The van der Waals surface area contributed by atoms with E-state index in [-0.39, 0.29) is 5.91 Å². The van der Waals surface area contributed by atoms with E-state index in [4.69, 9.17) is 9.72 Å². The van der Waals surface area contributed by atoms with Crippen LogP contribution in [0.15, 0.2) is 46.9 Å². The Bertz CT molecular complexity index is 923. The summed E-state index contributed by atoms with van der Waals surface area (Å²) in [6.45, 7) is 1.49. The number of amides is 1. The van der Waals surface area contributed by atoms with Crippen molar-refractivity contribution in [3.8, 4) is 5.75 Å². The molecule has 0 unspecified atom stereocenters. The molecular formula is C20H19BrN2O2S. The Kier molecular flexibility index (Phi) is 4.96. The summed E-state index contributed by atoms with van der Waals surface area (Å²) in [5.41, 5.74) is 1.70. The van der Waals surface area contributed by atoms with Gasteiger partial charge in [-0.25, -0.2) is 4.98 Å². The quantitative estimate of drug-likeness (QED) is 0.581. The predicted molar refractivity (Wildman–Crippen MR) is 108 cm³/mol. The number of carbonyl (C=O) groups excluding carboxylic acids is 1. The first-order valence-electron chi connectivity index (χ1n) is 8.64. The van der Waals surface area contributed by atoms with E-state index in [1.54, 1.807) is 24.5 Å². The van der Waals surface area contributed by atoms with E-state index in [0.29, 0.717) is 23.8 Å². The number of hydrogen-bond acceptors (Lipinski definition) is 4. The number of methoxy groups -OCH3 is 1. The number of carbonyl (C=O) groups is 1. The highest BCUT2D eigenvalue weighted by Crippen LogP contribution is 2.34. The van der Waals surface area contributed by atoms with Crippen molar-refractivity contribution >= 4 is 43.4 Å². The molecule has 4 rings (SSSR count). The molecule has 2 heterocycles. The third-order valence-electron chi connectivity index (χ3n) is 4.77. The van der Waals surface area contributed by atoms with Crippen LogP contribution in [0.2, 0.25) is 0 Å². The maximum Gasteiger partial charge on any atom is 0.255 e. The van der Waals surface area contributed by atoms with Gasteiger partial charge in [-0.1, -0.05) is 12.1 Å². The Hall–Kier alpha value is -1.92. The number of aromatic nitrogens is 1. The molecule has 4 nitrogen and oxygen atoms in total. The second-order valence-electron chi connectivity index (χ2n) is 6.46. The molecule has 1 atom stereocenters. The Morgan fingerprint density at radius 3 is 2.96 bits per heavy atom. The molecule has 2 aromatic carbocycles. The summed E-state index contributed by atoms with van der Waals surface area (Å²) in [5.74, 6) is 1.03. The molecule has 0 aliphatic carbocycles. The second-order valence-corrected chi connectivity index (χ2v) is 8.37. The zero-order chi connectivity index (χ0) is 18.1. The SMILES string of the molecule is COc1ccc(Br)c(C(=O)N2CCC[C@H](c3nc4ccccc4s3)C2)c1. The van der Waals surface area contributed by atoms with Gasteiger partial charge in [0.05, 0.1) is 27.9 Å². The van der Waals surface area contributed by atoms with Gasteiger partial charge in [0, 0.05) is 23.5 Å². The van der Waals surface area contributed by atoms with Gasteiger partial charge in [-0.3, -0.25) is 4.79 Å². The molecule has 0 bridgehead atoms. The summed E-state index contributed by atoms with van der Waals surface area (Å²) in [6.07, 6.45) is 2.07. The average molecular weight is 431 g/mol. The molecule has 0 saturated carbocycles. The lowest BCUT2D eigenvalue weighted by Crippen LogP contribution is -2.39. The first-order chi connectivity index (χ1) is 12.7. The number of piperidine rings is 1. The third-order valence-corrected chi connectivity index (χ3v) is 6.66. The molecule has 1 saturated heterocycles. The fourth-order valence-corrected chi connectivity index (χ4v) is 4.90. The first-order valence-corrected chi connectivity index (χ1v) is 10.2. The summed E-state index contributed by atoms with van der Waals surface area (Å²) in [7, 11) is 1.61. The first kappa shape index (κ1) is 17.5. The molecular weight excluding hydrogens is 412 g/mol. The van der Waals surface area contributed by atoms with Crippen LogP contribution in [0.5, 0.6) is 5.75 Å². The van der Waals surface area contributed by atoms with E-state index in [0.717, 1.165) is 34.4 Å². The molecule has 1 amide bonds. The maximum atomic E-state index is 13.1. The minimum Gasteiger partial charge on any atom is -0.497 e. The van der Waals surface area contributed by atoms with Crippen LogP contribution >= 0.6 is 27.3 Å². The second kappa shape index (κ2) is 7.37. The molecule has 0 N–H and O–H groups in total. The van der Waals surface area contributed by atoms with Gasteiger partial charge < -0.3 is 9.64 Å². The topological polar surface area (TPSA) is 42.4 Å². The minimum absolute atomic E-state index is 0.0431. The summed E-state index contributed by atoms with van der Waals surface area (Å²) >= 11 is 5.24. The van der Waals surface area contributed by atoms with E-state index in [1.807, 2.05) is 29.2 Å². The van der Waals surface area contributed by atoms with E-state index in [9.17, 15) is 4.79 Å². The van der Waals surface area contributed by atoms with Crippen LogP contribution in [0.3, 0.4) is 0 Å². The molecule has 0 radical (unpaired) electrons. The van der Waals surface area contributed by atoms with E-state index in [2.05, 4.69) is 28.1 Å². The summed E-state index contributed by atoms with van der Waals surface area (Å²) < 4.78 is 7.28. The van der Waals surface area contributed by atoms with Crippen molar-refractivity contribution in [2.45, 2.75) is 18.8 Å². The van der Waals surface area contributed by atoms with Gasteiger partial charge >= 0.3 is 0 Å². The lowest BCUT2D eigenvalue weighted by Gasteiger charge is -2.32. The molecule has 1 aromatic heterocycles. The van der Waals surface area contributed by atoms with Crippen molar-refractivity contribution in [3.05, 3.63) is 57.5 Å². The maximum absolute atomic E-state index is 13.1. The Morgan fingerprint density at radius 1 is 1.31 bits per heavy atom. The lowest BCUT2D eigenvalue weighted by molar-refractivity contribution is 0.0706. The highest BCUT2D eigenvalue weighted by atomic mass is 79.9. The normalized spacial score (nSPS) is 17.5. The number of thiazole rings is 1. The molecule has 0 spiro atoms. The van der Waals surface area contributed by atoms with Crippen molar-refractivity contribution in [1.82, 2.24) is 9.88 Å². The predicted octanol–water partition coefficient (Wildman–Crippen LogP) is 5.09. The van der Waals surface area contributed by atoms with Gasteiger partial charge in [0.2, 0.25) is 0 Å². The number of likely N-dealkylation sites (tertiary alicyclic amines) is 1. The van der Waals surface area contributed by atoms with Crippen molar-refractivity contribution in [2.24, 2.45) is 0 Å². The highest BCUT2D eigenvalue weighted by Gasteiger charge is 2.28. The van der Waals surface area contributed by atoms with Crippen LogP contribution in [-0.4, -0.2) is 36.0 Å². The summed E-state index contributed by atoms with van der Waals surface area (Å²) in [6, 6.07) is 13.7. The average Bonchev–Trinajstić information content (AvgIpc) is 3.12. The number of fused-ring (bicyclic) bond motifs is 1. The van der Waals surface area contributed by atoms with Gasteiger partial charge in [-0.05, 0) is 59.1 Å². The number of benzene rings is 2. The van der Waals surface area contributed by atoms with Crippen LogP contribution in [-0.2, 0) is 0 Å². The van der Waals surface area contributed by atoms with E-state index >= 15 is 0 Å². The molecule has 26 heavy (non-hydrogen) atoms. The molecule has 1 aliphatic rings. The molecule has 134 valence electrons. The van der Waals surface area contributed by atoms with E-state index in [1.165, 1.54) is 4.70 Å². The minimum atomic E-state index is 0.0431. The van der Waals surface area contributed by atoms with Crippen LogP contribution in [0.1, 0.15) is 34.1 Å². The molecule has 6 heteroatoms. The smallest absolute Gasteiger partial charge is 0.255 e. The molecule has 3 aromatic rings. The Morgan fingerprint density at radius 2 is 2.15 bits per heavy atom. The van der Waals surface area contributed by atoms with Crippen LogP contribution in [0.4, 0.5) is 0 Å². The molecule has 1 fully saturated rings. The van der Waals surface area contributed by atoms with Crippen molar-refractivity contribution in [2.75, 3.05) is 20.2 Å². The zero-order valence-corrected chi connectivity index (χ0v) is 16.8. The third kappa shape index (κ3) is 3.35. The fraction of sp³-hybridized carbons (Fsp3) is 0.300. The Labute approximate surface area is 164 Å². The summed E-state index contributed by atoms with van der Waals surface area (Å²) in [5, 5.41) is 1.13. The largest absolute Gasteiger partial charge is 0.497 e. The number of halogens is 1. The number of para-hydroxylation sites is 1. The van der Waals surface area contributed by atoms with Crippen LogP contribution in [0, 0.1) is 0 Å². The monoisotopic (exact) mass is 430 g/mol. The van der Waals surface area contributed by atoms with Crippen molar-refractivity contribution < 1.29 is 9.53 Å². The number of hydrogen-bond donors (Lipinski definition) is 0. The lowest BCUT2D eigenvalue weighted by atomic mass is 9.98. The molecule has 1 aliphatic heterocycles. The standard InChI is InChI=1S/C20H19BrN2O2S/c1-25-14-8-9-16(21)15(11-14)20(24)23-10-4-5-13(12-23)19-22-17-6-2-3-7-18(17)26-19/h2-3,6-9,11,13H,4-5,10,12H2,1H3/t13-/m0/s1. The highest BCUT2D eigenvalue weighted by molar-refractivity contribution is 9.10. The van der Waals surface area contributed by atoms with Gasteiger partial charge in [-0.15, -0.1) is 11.3 Å². The van der Waals surface area contributed by atoms with Crippen LogP contribution in [0.25, 0.3) is 10.2 Å². The number of nitrogens with zero attached hydrogens (tertiary/aromatic N) is 2. The van der Waals surface area contributed by atoms with Crippen molar-refractivity contribution in [1.29, 1.82) is 0 Å². The zero-order valence-electron chi connectivity index (χ0n) is 14.4.